The zero-order chi connectivity index (χ0) is 13.7. The molecular formula is C15H19N3O. The second-order valence-electron chi connectivity index (χ2n) is 4.70. The molecule has 1 aromatic heterocycles. The first kappa shape index (κ1) is 13.3. The number of imidazole rings is 1. The van der Waals surface area contributed by atoms with Crippen molar-refractivity contribution in [2.45, 2.75) is 33.1 Å². The Morgan fingerprint density at radius 3 is 2.68 bits per heavy atom. The van der Waals surface area contributed by atoms with E-state index in [0.717, 1.165) is 35.5 Å². The van der Waals surface area contributed by atoms with Crippen molar-refractivity contribution in [3.8, 4) is 0 Å². The summed E-state index contributed by atoms with van der Waals surface area (Å²) in [5.74, 6) is 0.990. The van der Waals surface area contributed by atoms with Crippen molar-refractivity contribution in [2.24, 2.45) is 0 Å². The van der Waals surface area contributed by atoms with Crippen LogP contribution in [0, 0.1) is 13.8 Å². The minimum absolute atomic E-state index is 0.0592. The van der Waals surface area contributed by atoms with Crippen LogP contribution >= 0.6 is 0 Å². The lowest BCUT2D eigenvalue weighted by atomic mass is 10.1. The third kappa shape index (κ3) is 3.68. The molecule has 2 N–H and O–H groups in total. The molecule has 0 spiro atoms. The molecule has 0 atom stereocenters. The van der Waals surface area contributed by atoms with E-state index in [1.54, 1.807) is 12.4 Å². The van der Waals surface area contributed by atoms with Gasteiger partial charge in [0, 0.05) is 30.9 Å². The molecule has 0 fully saturated rings. The Morgan fingerprint density at radius 2 is 2.05 bits per heavy atom. The molecule has 4 heteroatoms. The van der Waals surface area contributed by atoms with Crippen LogP contribution in [0.15, 0.2) is 30.6 Å². The van der Waals surface area contributed by atoms with E-state index in [9.17, 15) is 4.79 Å². The lowest BCUT2D eigenvalue weighted by Crippen LogP contribution is -2.13. The summed E-state index contributed by atoms with van der Waals surface area (Å²) in [6.45, 7) is 4.01. The van der Waals surface area contributed by atoms with Crippen LogP contribution in [0.25, 0.3) is 0 Å². The highest BCUT2D eigenvalue weighted by Gasteiger charge is 2.07. The van der Waals surface area contributed by atoms with Crippen molar-refractivity contribution in [3.63, 3.8) is 0 Å². The van der Waals surface area contributed by atoms with Crippen LogP contribution in [-0.2, 0) is 11.2 Å². The average molecular weight is 257 g/mol. The molecule has 0 aliphatic rings. The smallest absolute Gasteiger partial charge is 0.224 e. The molecule has 19 heavy (non-hydrogen) atoms. The first-order valence-corrected chi connectivity index (χ1v) is 6.51. The van der Waals surface area contributed by atoms with Crippen LogP contribution in [0.1, 0.15) is 29.8 Å². The third-order valence-electron chi connectivity index (χ3n) is 3.12. The van der Waals surface area contributed by atoms with E-state index in [1.807, 2.05) is 32.0 Å². The van der Waals surface area contributed by atoms with Gasteiger partial charge in [-0.2, -0.15) is 0 Å². The second-order valence-corrected chi connectivity index (χ2v) is 4.70. The predicted molar refractivity (Wildman–Crippen MR) is 76.1 cm³/mol. The van der Waals surface area contributed by atoms with Gasteiger partial charge in [-0.25, -0.2) is 4.98 Å². The molecule has 0 aliphatic heterocycles. The fourth-order valence-corrected chi connectivity index (χ4v) is 2.06. The lowest BCUT2D eigenvalue weighted by molar-refractivity contribution is -0.116. The highest BCUT2D eigenvalue weighted by atomic mass is 16.1. The van der Waals surface area contributed by atoms with Crippen LogP contribution in [0.4, 0.5) is 5.69 Å². The van der Waals surface area contributed by atoms with Gasteiger partial charge in [-0.3, -0.25) is 4.79 Å². The van der Waals surface area contributed by atoms with Crippen LogP contribution in [-0.4, -0.2) is 15.9 Å². The molecule has 2 aromatic rings. The molecule has 0 unspecified atom stereocenters. The molecule has 0 saturated carbocycles. The minimum atomic E-state index is 0.0592. The highest BCUT2D eigenvalue weighted by Crippen LogP contribution is 2.19. The molecule has 4 nitrogen and oxygen atoms in total. The van der Waals surface area contributed by atoms with E-state index in [4.69, 9.17) is 0 Å². The molecular weight excluding hydrogens is 238 g/mol. The van der Waals surface area contributed by atoms with Gasteiger partial charge in [-0.15, -0.1) is 0 Å². The molecule has 1 aromatic carbocycles. The Balaban J connectivity index is 1.84. The van der Waals surface area contributed by atoms with Crippen LogP contribution in [0.3, 0.4) is 0 Å². The van der Waals surface area contributed by atoms with Crippen LogP contribution in [0.5, 0.6) is 0 Å². The van der Waals surface area contributed by atoms with Gasteiger partial charge in [0.1, 0.15) is 5.82 Å². The summed E-state index contributed by atoms with van der Waals surface area (Å²) >= 11 is 0. The van der Waals surface area contributed by atoms with Gasteiger partial charge >= 0.3 is 0 Å². The summed E-state index contributed by atoms with van der Waals surface area (Å²) in [6, 6.07) is 6.01. The number of anilines is 1. The second kappa shape index (κ2) is 6.18. The minimum Gasteiger partial charge on any atom is -0.349 e. The number of H-pyrrole nitrogens is 1. The number of nitrogens with one attached hydrogen (secondary N) is 2. The van der Waals surface area contributed by atoms with Crippen LogP contribution < -0.4 is 5.32 Å². The number of rotatable bonds is 5. The van der Waals surface area contributed by atoms with Crippen molar-refractivity contribution in [1.29, 1.82) is 0 Å². The summed E-state index contributed by atoms with van der Waals surface area (Å²) in [5.41, 5.74) is 3.13. The first-order valence-electron chi connectivity index (χ1n) is 6.51. The van der Waals surface area contributed by atoms with E-state index in [1.165, 1.54) is 0 Å². The normalized spacial score (nSPS) is 10.4. The average Bonchev–Trinajstić information content (AvgIpc) is 2.87. The van der Waals surface area contributed by atoms with Gasteiger partial charge in [-0.05, 0) is 31.4 Å². The van der Waals surface area contributed by atoms with Crippen molar-refractivity contribution < 1.29 is 4.79 Å². The largest absolute Gasteiger partial charge is 0.349 e. The number of carbonyl (C=O) groups excluding carboxylic acids is 1. The Morgan fingerprint density at radius 1 is 1.32 bits per heavy atom. The van der Waals surface area contributed by atoms with Gasteiger partial charge < -0.3 is 10.3 Å². The molecule has 0 bridgehead atoms. The first-order chi connectivity index (χ1) is 9.16. The highest BCUT2D eigenvalue weighted by molar-refractivity contribution is 5.92. The van der Waals surface area contributed by atoms with Gasteiger partial charge in [0.25, 0.3) is 0 Å². The van der Waals surface area contributed by atoms with Gasteiger partial charge in [0.2, 0.25) is 5.91 Å². The number of carbonyl (C=O) groups is 1. The fourth-order valence-electron chi connectivity index (χ4n) is 2.06. The lowest BCUT2D eigenvalue weighted by Gasteiger charge is -2.11. The summed E-state index contributed by atoms with van der Waals surface area (Å²) in [7, 11) is 0. The van der Waals surface area contributed by atoms with Crippen molar-refractivity contribution >= 4 is 11.6 Å². The summed E-state index contributed by atoms with van der Waals surface area (Å²) in [5, 5.41) is 2.99. The number of para-hydroxylation sites is 1. The molecule has 0 aliphatic carbocycles. The van der Waals surface area contributed by atoms with Gasteiger partial charge in [0.05, 0.1) is 0 Å². The van der Waals surface area contributed by atoms with Crippen molar-refractivity contribution in [2.75, 3.05) is 5.32 Å². The molecule has 0 radical (unpaired) electrons. The Kier molecular flexibility index (Phi) is 4.34. The molecule has 1 amide bonds. The number of hydrogen-bond donors (Lipinski definition) is 2. The summed E-state index contributed by atoms with van der Waals surface area (Å²) in [6.07, 6.45) is 5.63. The van der Waals surface area contributed by atoms with E-state index >= 15 is 0 Å². The predicted octanol–water partition coefficient (Wildman–Crippen LogP) is 2.99. The van der Waals surface area contributed by atoms with Crippen molar-refractivity contribution in [1.82, 2.24) is 9.97 Å². The van der Waals surface area contributed by atoms with E-state index < -0.39 is 0 Å². The number of aromatic nitrogens is 2. The zero-order valence-corrected chi connectivity index (χ0v) is 11.4. The maximum Gasteiger partial charge on any atom is 0.224 e. The number of hydrogen-bond acceptors (Lipinski definition) is 2. The SMILES string of the molecule is Cc1cccc(C)c1NC(=O)CCCc1ncc[nH]1. The quantitative estimate of drug-likeness (QED) is 0.865. The van der Waals surface area contributed by atoms with E-state index in [-0.39, 0.29) is 5.91 Å². The summed E-state index contributed by atoms with van der Waals surface area (Å²) in [4.78, 5) is 19.1. The Labute approximate surface area is 113 Å². The topological polar surface area (TPSA) is 57.8 Å². The number of benzene rings is 1. The van der Waals surface area contributed by atoms with Gasteiger partial charge in [0.15, 0.2) is 0 Å². The van der Waals surface area contributed by atoms with E-state index in [2.05, 4.69) is 15.3 Å². The maximum atomic E-state index is 11.9. The summed E-state index contributed by atoms with van der Waals surface area (Å²) < 4.78 is 0. The number of amides is 1. The maximum absolute atomic E-state index is 11.9. The number of aryl methyl sites for hydroxylation is 3. The molecule has 0 saturated heterocycles. The third-order valence-corrected chi connectivity index (χ3v) is 3.12. The van der Waals surface area contributed by atoms with Crippen LogP contribution in [0.2, 0.25) is 0 Å². The number of nitrogens with zero attached hydrogens (tertiary/aromatic N) is 1. The monoisotopic (exact) mass is 257 g/mol. The van der Waals surface area contributed by atoms with Gasteiger partial charge in [-0.1, -0.05) is 18.2 Å². The molecule has 2 rings (SSSR count). The van der Waals surface area contributed by atoms with Crippen molar-refractivity contribution in [3.05, 3.63) is 47.5 Å². The standard InChI is InChI=1S/C15H19N3O/c1-11-5-3-6-12(2)15(11)18-14(19)8-4-7-13-16-9-10-17-13/h3,5-6,9-10H,4,7-8H2,1-2H3,(H,16,17)(H,18,19). The van der Waals surface area contributed by atoms with E-state index in [0.29, 0.717) is 6.42 Å². The zero-order valence-electron chi connectivity index (χ0n) is 11.4. The number of aromatic amines is 1. The Hall–Kier alpha value is -2.10. The molecule has 100 valence electrons. The molecule has 1 heterocycles. The fraction of sp³-hybridized carbons (Fsp3) is 0.333. The Bertz CT molecular complexity index is 526.